The smallest absolute Gasteiger partial charge is 0.332 e. The van der Waals surface area contributed by atoms with E-state index in [2.05, 4.69) is 0 Å². The van der Waals surface area contributed by atoms with Crippen LogP contribution in [0.4, 0.5) is 0 Å². The first-order valence-electron chi connectivity index (χ1n) is 12.1. The zero-order valence-electron chi connectivity index (χ0n) is 19.6. The molecule has 0 amide bonds. The molecule has 0 heterocycles. The topological polar surface area (TPSA) is 76.0 Å². The lowest BCUT2D eigenvalue weighted by atomic mass is 9.81. The summed E-state index contributed by atoms with van der Waals surface area (Å²) in [4.78, 5) is 11.7. The van der Waals surface area contributed by atoms with Crippen LogP contribution in [-0.4, -0.2) is 53.6 Å². The van der Waals surface area contributed by atoms with Crippen LogP contribution in [0.3, 0.4) is 0 Å². The lowest BCUT2D eigenvalue weighted by Crippen LogP contribution is -2.26. The van der Waals surface area contributed by atoms with E-state index in [-0.39, 0.29) is 41.3 Å². The van der Waals surface area contributed by atoms with Crippen LogP contribution >= 0.6 is 11.6 Å². The fourth-order valence-electron chi connectivity index (χ4n) is 4.85. The Balaban J connectivity index is 1.69. The average molecular weight is 459 g/mol. The summed E-state index contributed by atoms with van der Waals surface area (Å²) in [6.07, 6.45) is 12.2. The van der Waals surface area contributed by atoms with E-state index in [1.807, 2.05) is 32.9 Å². The summed E-state index contributed by atoms with van der Waals surface area (Å²) in [6, 6.07) is 0. The lowest BCUT2D eigenvalue weighted by molar-refractivity contribution is -0.151. The van der Waals surface area contributed by atoms with E-state index in [1.165, 1.54) is 19.3 Å². The first kappa shape index (κ1) is 26.6. The Kier molecular flexibility index (Phi) is 11.3. The molecule has 2 unspecified atom stereocenters. The first-order valence-corrected chi connectivity index (χ1v) is 12.5. The highest BCUT2D eigenvalue weighted by atomic mass is 35.5. The number of aliphatic hydroxyl groups excluding tert-OH is 2. The third kappa shape index (κ3) is 9.81. The van der Waals surface area contributed by atoms with Crippen molar-refractivity contribution in [1.29, 1.82) is 0 Å². The predicted molar refractivity (Wildman–Crippen MR) is 124 cm³/mol. The number of aliphatic hydroxyl groups is 2. The Morgan fingerprint density at radius 2 is 1.87 bits per heavy atom. The van der Waals surface area contributed by atoms with Crippen LogP contribution in [0.2, 0.25) is 0 Å². The van der Waals surface area contributed by atoms with Gasteiger partial charge in [-0.05, 0) is 61.7 Å². The van der Waals surface area contributed by atoms with Crippen LogP contribution < -0.4 is 0 Å². The molecule has 2 aliphatic rings. The van der Waals surface area contributed by atoms with Crippen molar-refractivity contribution in [1.82, 2.24) is 0 Å². The Labute approximate surface area is 193 Å². The molecule has 0 saturated heterocycles. The van der Waals surface area contributed by atoms with E-state index in [1.54, 1.807) is 0 Å². The van der Waals surface area contributed by atoms with Gasteiger partial charge in [-0.3, -0.25) is 0 Å². The summed E-state index contributed by atoms with van der Waals surface area (Å²) in [5, 5.41) is 21.0. The molecule has 6 heteroatoms. The second-order valence-electron chi connectivity index (χ2n) is 10.6. The van der Waals surface area contributed by atoms with Gasteiger partial charge >= 0.3 is 5.97 Å². The largest absolute Gasteiger partial charge is 0.463 e. The van der Waals surface area contributed by atoms with Crippen LogP contribution in [0.25, 0.3) is 0 Å². The Hall–Kier alpha value is -0.620. The standard InChI is InChI=1S/C25H43ClO5/c1-25(2,3)17-31-24(29)16-30-14-8-7-11-19-20(23(28)15-21(19)26)12-13-22(27)18-9-5-4-6-10-18/h7-8,18-23,27-28H,4-6,9-17H2,1-3H3/b8-7-/t19?,20?,21-,22-,23-/m0/s1. The molecule has 0 radical (unpaired) electrons. The van der Waals surface area contributed by atoms with E-state index < -0.39 is 6.10 Å². The third-order valence-electron chi connectivity index (χ3n) is 6.64. The summed E-state index contributed by atoms with van der Waals surface area (Å²) >= 11 is 6.54. The summed E-state index contributed by atoms with van der Waals surface area (Å²) in [7, 11) is 0. The third-order valence-corrected chi connectivity index (χ3v) is 7.14. The van der Waals surface area contributed by atoms with Gasteiger partial charge in [0.25, 0.3) is 0 Å². The van der Waals surface area contributed by atoms with Gasteiger partial charge in [-0.15, -0.1) is 11.6 Å². The number of carbonyl (C=O) groups is 1. The fraction of sp³-hybridized carbons (Fsp3) is 0.880. The molecule has 2 aliphatic carbocycles. The van der Waals surface area contributed by atoms with Gasteiger partial charge in [0, 0.05) is 5.38 Å². The van der Waals surface area contributed by atoms with E-state index in [9.17, 15) is 15.0 Å². The van der Waals surface area contributed by atoms with Crippen molar-refractivity contribution in [2.45, 2.75) is 96.1 Å². The van der Waals surface area contributed by atoms with Crippen LogP contribution in [0, 0.1) is 23.2 Å². The highest BCUT2D eigenvalue weighted by Crippen LogP contribution is 2.42. The summed E-state index contributed by atoms with van der Waals surface area (Å²) in [5.41, 5.74) is -0.0531. The van der Waals surface area contributed by atoms with Crippen LogP contribution in [0.1, 0.15) is 78.6 Å². The van der Waals surface area contributed by atoms with Crippen molar-refractivity contribution in [2.24, 2.45) is 23.2 Å². The maximum atomic E-state index is 11.7. The molecule has 5 nitrogen and oxygen atoms in total. The minimum Gasteiger partial charge on any atom is -0.463 e. The minimum atomic E-state index is -0.395. The van der Waals surface area contributed by atoms with Crippen molar-refractivity contribution in [2.75, 3.05) is 19.8 Å². The van der Waals surface area contributed by atoms with Crippen LogP contribution in [-0.2, 0) is 14.3 Å². The fourth-order valence-corrected chi connectivity index (χ4v) is 5.32. The molecule has 2 fully saturated rings. The average Bonchev–Trinajstić information content (AvgIpc) is 2.99. The Bertz CT molecular complexity index is 553. The van der Waals surface area contributed by atoms with E-state index in [0.717, 1.165) is 32.1 Å². The molecule has 2 saturated carbocycles. The van der Waals surface area contributed by atoms with E-state index in [0.29, 0.717) is 25.6 Å². The molecule has 0 aromatic carbocycles. The second-order valence-corrected chi connectivity index (χ2v) is 11.2. The Morgan fingerprint density at radius 3 is 2.55 bits per heavy atom. The van der Waals surface area contributed by atoms with Crippen LogP contribution in [0.5, 0.6) is 0 Å². The van der Waals surface area contributed by atoms with Gasteiger partial charge < -0.3 is 19.7 Å². The zero-order valence-corrected chi connectivity index (χ0v) is 20.4. The van der Waals surface area contributed by atoms with Crippen molar-refractivity contribution in [3.05, 3.63) is 12.2 Å². The van der Waals surface area contributed by atoms with E-state index in [4.69, 9.17) is 21.1 Å². The van der Waals surface area contributed by atoms with Gasteiger partial charge in [-0.25, -0.2) is 4.79 Å². The van der Waals surface area contributed by atoms with Gasteiger partial charge in [-0.1, -0.05) is 52.2 Å². The molecule has 5 atom stereocenters. The van der Waals surface area contributed by atoms with Crippen molar-refractivity contribution in [3.8, 4) is 0 Å². The normalized spacial score (nSPS) is 28.8. The highest BCUT2D eigenvalue weighted by Gasteiger charge is 2.40. The van der Waals surface area contributed by atoms with Gasteiger partial charge in [0.2, 0.25) is 0 Å². The molecule has 0 bridgehead atoms. The molecular formula is C25H43ClO5. The molecule has 0 aliphatic heterocycles. The number of rotatable bonds is 11. The number of hydrogen-bond acceptors (Lipinski definition) is 5. The monoisotopic (exact) mass is 458 g/mol. The quantitative estimate of drug-likeness (QED) is 0.200. The van der Waals surface area contributed by atoms with Crippen molar-refractivity contribution in [3.63, 3.8) is 0 Å². The number of allylic oxidation sites excluding steroid dienone is 1. The number of esters is 1. The molecule has 0 aromatic heterocycles. The molecular weight excluding hydrogens is 416 g/mol. The number of hydrogen-bond donors (Lipinski definition) is 2. The summed E-state index contributed by atoms with van der Waals surface area (Å²) in [5.74, 6) is 0.395. The van der Waals surface area contributed by atoms with Gasteiger partial charge in [0.15, 0.2) is 0 Å². The Morgan fingerprint density at radius 1 is 1.16 bits per heavy atom. The number of carbonyl (C=O) groups excluding carboxylic acids is 1. The molecule has 0 aromatic rings. The SMILES string of the molecule is CC(C)(C)COC(=O)COC/C=C\CC1C(CC[C@H](O)C2CCCCC2)[C@@H](O)C[C@@H]1Cl. The van der Waals surface area contributed by atoms with E-state index >= 15 is 0 Å². The molecule has 2 N–H and O–H groups in total. The van der Waals surface area contributed by atoms with Gasteiger partial charge in [-0.2, -0.15) is 0 Å². The summed E-state index contributed by atoms with van der Waals surface area (Å²) in [6.45, 7) is 6.71. The number of halogens is 1. The molecule has 0 spiro atoms. The summed E-state index contributed by atoms with van der Waals surface area (Å²) < 4.78 is 10.5. The van der Waals surface area contributed by atoms with Crippen molar-refractivity contribution < 1.29 is 24.5 Å². The lowest BCUT2D eigenvalue weighted by Gasteiger charge is -2.29. The molecule has 2 rings (SSSR count). The van der Waals surface area contributed by atoms with Crippen LogP contribution in [0.15, 0.2) is 12.2 Å². The van der Waals surface area contributed by atoms with Crippen molar-refractivity contribution >= 4 is 17.6 Å². The predicted octanol–water partition coefficient (Wildman–Crippen LogP) is 4.86. The maximum Gasteiger partial charge on any atom is 0.332 e. The molecule has 180 valence electrons. The highest BCUT2D eigenvalue weighted by molar-refractivity contribution is 6.21. The minimum absolute atomic E-state index is 0.0511. The second kappa shape index (κ2) is 13.2. The first-order chi connectivity index (χ1) is 14.7. The van der Waals surface area contributed by atoms with Gasteiger partial charge in [0.1, 0.15) is 6.61 Å². The number of ether oxygens (including phenoxy) is 2. The maximum absolute atomic E-state index is 11.7. The molecule has 31 heavy (non-hydrogen) atoms. The number of alkyl halides is 1. The zero-order chi connectivity index (χ0) is 22.9. The van der Waals surface area contributed by atoms with Gasteiger partial charge in [0.05, 0.1) is 25.4 Å².